The van der Waals surface area contributed by atoms with Crippen LogP contribution in [0.15, 0.2) is 42.5 Å². The number of hydrogen-bond donors (Lipinski definition) is 0. The first-order chi connectivity index (χ1) is 15.3. The van der Waals surface area contributed by atoms with Crippen LogP contribution in [-0.4, -0.2) is 71.1 Å². The monoisotopic (exact) mass is 433 g/mol. The maximum Gasteiger partial charge on any atom is 0.261 e. The first-order valence-electron chi connectivity index (χ1n) is 10.9. The summed E-state index contributed by atoms with van der Waals surface area (Å²) < 4.78 is 0. The van der Waals surface area contributed by atoms with E-state index in [1.165, 1.54) is 11.0 Å². The van der Waals surface area contributed by atoms with Gasteiger partial charge in [-0.25, -0.2) is 0 Å². The average molecular weight is 434 g/mol. The Morgan fingerprint density at radius 1 is 0.812 bits per heavy atom. The van der Waals surface area contributed by atoms with Crippen LogP contribution >= 0.6 is 0 Å². The summed E-state index contributed by atoms with van der Waals surface area (Å²) in [6.45, 7) is 7.92. The quantitative estimate of drug-likeness (QED) is 0.695. The largest absolute Gasteiger partial charge is 0.335 e. The van der Waals surface area contributed by atoms with Gasteiger partial charge in [-0.05, 0) is 43.2 Å². The van der Waals surface area contributed by atoms with Gasteiger partial charge >= 0.3 is 0 Å². The van der Waals surface area contributed by atoms with Crippen molar-refractivity contribution in [3.05, 3.63) is 70.3 Å². The Labute approximate surface area is 187 Å². The number of imide groups is 1. The fraction of sp³-hybridized carbons (Fsp3) is 0.360. The molecular weight excluding hydrogens is 406 g/mol. The van der Waals surface area contributed by atoms with Gasteiger partial charge in [0.15, 0.2) is 0 Å². The highest BCUT2D eigenvalue weighted by Crippen LogP contribution is 2.25. The number of hydrogen-bond acceptors (Lipinski definition) is 4. The van der Waals surface area contributed by atoms with Crippen LogP contribution in [0.2, 0.25) is 0 Å². The lowest BCUT2D eigenvalue weighted by Gasteiger charge is -2.35. The van der Waals surface area contributed by atoms with Gasteiger partial charge in [-0.2, -0.15) is 0 Å². The van der Waals surface area contributed by atoms with Crippen LogP contribution in [-0.2, 0) is 0 Å². The molecule has 2 aliphatic rings. The van der Waals surface area contributed by atoms with Crippen molar-refractivity contribution >= 4 is 23.6 Å². The van der Waals surface area contributed by atoms with Crippen molar-refractivity contribution in [3.8, 4) is 0 Å². The molecule has 0 saturated carbocycles. The lowest BCUT2D eigenvalue weighted by molar-refractivity contribution is 0.0535. The zero-order valence-corrected chi connectivity index (χ0v) is 18.6. The molecule has 7 nitrogen and oxygen atoms in total. The van der Waals surface area contributed by atoms with Gasteiger partial charge in [0.2, 0.25) is 0 Å². The van der Waals surface area contributed by atoms with Gasteiger partial charge in [-0.1, -0.05) is 31.5 Å². The number of fused-ring (bicyclic) bond motifs is 1. The van der Waals surface area contributed by atoms with Crippen molar-refractivity contribution in [2.24, 2.45) is 5.92 Å². The second-order valence-corrected chi connectivity index (χ2v) is 8.83. The van der Waals surface area contributed by atoms with Crippen LogP contribution in [0.5, 0.6) is 0 Å². The summed E-state index contributed by atoms with van der Waals surface area (Å²) in [5.74, 6) is -0.717. The predicted molar refractivity (Wildman–Crippen MR) is 120 cm³/mol. The van der Waals surface area contributed by atoms with Crippen molar-refractivity contribution < 1.29 is 19.2 Å². The minimum absolute atomic E-state index is 0.0346. The normalized spacial score (nSPS) is 16.1. The predicted octanol–water partition coefficient (Wildman–Crippen LogP) is 2.85. The molecule has 0 N–H and O–H groups in total. The summed E-state index contributed by atoms with van der Waals surface area (Å²) in [4.78, 5) is 55.7. The van der Waals surface area contributed by atoms with Gasteiger partial charge in [-0.15, -0.1) is 0 Å². The summed E-state index contributed by atoms with van der Waals surface area (Å²) in [6, 6.07) is 12.2. The molecule has 1 saturated heterocycles. The van der Waals surface area contributed by atoms with E-state index in [-0.39, 0.29) is 35.1 Å². The Balaban J connectivity index is 1.43. The average Bonchev–Trinajstić information content (AvgIpc) is 3.02. The number of piperazine rings is 1. The summed E-state index contributed by atoms with van der Waals surface area (Å²) in [5, 5.41) is 0. The van der Waals surface area contributed by atoms with E-state index < -0.39 is 0 Å². The highest BCUT2D eigenvalue weighted by Gasteiger charge is 2.36. The van der Waals surface area contributed by atoms with E-state index in [0.717, 1.165) is 5.56 Å². The van der Waals surface area contributed by atoms with E-state index in [4.69, 9.17) is 0 Å². The van der Waals surface area contributed by atoms with E-state index in [1.54, 1.807) is 28.0 Å². The zero-order chi connectivity index (χ0) is 23.0. The second-order valence-electron chi connectivity index (χ2n) is 8.83. The molecule has 0 aliphatic carbocycles. The molecule has 0 radical (unpaired) electrons. The standard InChI is InChI=1S/C25H27N3O4/c1-16(2)15-28-24(31)20-8-7-19(14-21(20)25(28)32)23(30)27-11-9-26(10-12-27)22(29)18-6-4-5-17(3)13-18/h4-8,13-14,16H,9-12,15H2,1-3H3. The third kappa shape index (κ3) is 4.02. The molecule has 4 amide bonds. The molecule has 0 bridgehead atoms. The van der Waals surface area contributed by atoms with Crippen molar-refractivity contribution in [3.63, 3.8) is 0 Å². The van der Waals surface area contributed by atoms with Crippen LogP contribution in [0, 0.1) is 12.8 Å². The van der Waals surface area contributed by atoms with Gasteiger partial charge < -0.3 is 9.80 Å². The van der Waals surface area contributed by atoms with Gasteiger partial charge in [0.25, 0.3) is 23.6 Å². The molecular formula is C25H27N3O4. The molecule has 2 heterocycles. The fourth-order valence-corrected chi connectivity index (χ4v) is 4.21. The van der Waals surface area contributed by atoms with E-state index >= 15 is 0 Å². The molecule has 0 aromatic heterocycles. The molecule has 0 unspecified atom stereocenters. The van der Waals surface area contributed by atoms with Crippen LogP contribution in [0.25, 0.3) is 0 Å². The van der Waals surface area contributed by atoms with E-state index in [1.807, 2.05) is 39.0 Å². The SMILES string of the molecule is Cc1cccc(C(=O)N2CCN(C(=O)c3ccc4c(c3)C(=O)N(CC(C)C)C4=O)CC2)c1. The van der Waals surface area contributed by atoms with Gasteiger partial charge in [0.05, 0.1) is 11.1 Å². The second kappa shape index (κ2) is 8.57. The van der Waals surface area contributed by atoms with Crippen molar-refractivity contribution in [1.29, 1.82) is 0 Å². The van der Waals surface area contributed by atoms with Gasteiger partial charge in [0.1, 0.15) is 0 Å². The first kappa shape index (κ1) is 21.7. The van der Waals surface area contributed by atoms with Crippen molar-refractivity contribution in [2.45, 2.75) is 20.8 Å². The van der Waals surface area contributed by atoms with Gasteiger partial charge in [-0.3, -0.25) is 24.1 Å². The Kier molecular flexibility index (Phi) is 5.82. The molecule has 0 spiro atoms. The smallest absolute Gasteiger partial charge is 0.261 e. The molecule has 166 valence electrons. The number of benzene rings is 2. The lowest BCUT2D eigenvalue weighted by Crippen LogP contribution is -2.50. The Bertz CT molecular complexity index is 1100. The summed E-state index contributed by atoms with van der Waals surface area (Å²) in [7, 11) is 0. The highest BCUT2D eigenvalue weighted by atomic mass is 16.2. The molecule has 2 aromatic rings. The number of nitrogens with zero attached hydrogens (tertiary/aromatic N) is 3. The van der Waals surface area contributed by atoms with Crippen LogP contribution in [0.4, 0.5) is 0 Å². The van der Waals surface area contributed by atoms with Crippen molar-refractivity contribution in [1.82, 2.24) is 14.7 Å². The molecule has 32 heavy (non-hydrogen) atoms. The Morgan fingerprint density at radius 3 is 1.94 bits per heavy atom. The number of aryl methyl sites for hydroxylation is 1. The van der Waals surface area contributed by atoms with E-state index in [0.29, 0.717) is 49.4 Å². The van der Waals surface area contributed by atoms with E-state index in [9.17, 15) is 19.2 Å². The highest BCUT2D eigenvalue weighted by molar-refractivity contribution is 6.22. The molecule has 0 atom stereocenters. The van der Waals surface area contributed by atoms with Crippen LogP contribution < -0.4 is 0 Å². The topological polar surface area (TPSA) is 78.0 Å². The number of rotatable bonds is 4. The molecule has 2 aliphatic heterocycles. The third-order valence-corrected chi connectivity index (χ3v) is 5.88. The maximum atomic E-state index is 13.1. The zero-order valence-electron chi connectivity index (χ0n) is 18.6. The molecule has 4 rings (SSSR count). The van der Waals surface area contributed by atoms with Crippen LogP contribution in [0.1, 0.15) is 60.8 Å². The molecule has 7 heteroatoms. The minimum Gasteiger partial charge on any atom is -0.335 e. The third-order valence-electron chi connectivity index (χ3n) is 5.88. The molecule has 1 fully saturated rings. The van der Waals surface area contributed by atoms with E-state index in [2.05, 4.69) is 0 Å². The summed E-state index contributed by atoms with van der Waals surface area (Å²) in [5.41, 5.74) is 2.70. The van der Waals surface area contributed by atoms with Crippen LogP contribution in [0.3, 0.4) is 0 Å². The number of carbonyl (C=O) groups is 4. The summed E-state index contributed by atoms with van der Waals surface area (Å²) >= 11 is 0. The fourth-order valence-electron chi connectivity index (χ4n) is 4.21. The maximum absolute atomic E-state index is 13.1. The summed E-state index contributed by atoms with van der Waals surface area (Å²) in [6.07, 6.45) is 0. The van der Waals surface area contributed by atoms with Crippen molar-refractivity contribution in [2.75, 3.05) is 32.7 Å². The Hall–Kier alpha value is -3.48. The lowest BCUT2D eigenvalue weighted by atomic mass is 10.0. The van der Waals surface area contributed by atoms with Gasteiger partial charge in [0, 0.05) is 43.9 Å². The first-order valence-corrected chi connectivity index (χ1v) is 10.9. The Morgan fingerprint density at radius 2 is 1.38 bits per heavy atom. The molecule has 2 aromatic carbocycles. The number of amides is 4. The minimum atomic E-state index is -0.345. The number of carbonyl (C=O) groups excluding carboxylic acids is 4.